The summed E-state index contributed by atoms with van der Waals surface area (Å²) in [4.78, 5) is 2.22. The molecule has 0 aliphatic carbocycles. The van der Waals surface area contributed by atoms with Crippen molar-refractivity contribution in [3.8, 4) is 0 Å². The molecule has 0 saturated carbocycles. The number of nitrogens with zero attached hydrogens (tertiary/aromatic N) is 1. The van der Waals surface area contributed by atoms with Gasteiger partial charge in [0, 0.05) is 12.1 Å². The first-order valence-corrected chi connectivity index (χ1v) is 5.93. The molecule has 86 valence electrons. The average Bonchev–Trinajstić information content (AvgIpc) is 2.50. The molecule has 1 aliphatic rings. The summed E-state index contributed by atoms with van der Waals surface area (Å²) in [5.41, 5.74) is 0. The van der Waals surface area contributed by atoms with Gasteiger partial charge in [-0.1, -0.05) is 27.7 Å². The van der Waals surface area contributed by atoms with Gasteiger partial charge in [0.15, 0.2) is 0 Å². The molecule has 0 radical (unpaired) electrons. The second-order valence-corrected chi connectivity index (χ2v) is 4.33. The van der Waals surface area contributed by atoms with Crippen molar-refractivity contribution in [1.29, 1.82) is 0 Å². The van der Waals surface area contributed by atoms with Crippen LogP contribution in [0.15, 0.2) is 0 Å². The third-order valence-electron chi connectivity index (χ3n) is 2.91. The second-order valence-electron chi connectivity index (χ2n) is 4.33. The Morgan fingerprint density at radius 2 is 1.71 bits per heavy atom. The van der Waals surface area contributed by atoms with E-state index in [1.165, 1.54) is 12.8 Å². The predicted molar refractivity (Wildman–Crippen MR) is 61.4 cm³/mol. The maximum Gasteiger partial charge on any atom is 0.105 e. The van der Waals surface area contributed by atoms with Crippen LogP contribution in [0.2, 0.25) is 0 Å². The number of alkyl halides is 1. The molecule has 2 unspecified atom stereocenters. The van der Waals surface area contributed by atoms with Crippen LogP contribution in [-0.2, 0) is 0 Å². The highest BCUT2D eigenvalue weighted by Gasteiger charge is 2.30. The van der Waals surface area contributed by atoms with Gasteiger partial charge in [-0.05, 0) is 32.2 Å². The zero-order valence-electron chi connectivity index (χ0n) is 10.4. The smallest absolute Gasteiger partial charge is 0.105 e. The van der Waals surface area contributed by atoms with Crippen LogP contribution in [0, 0.1) is 5.92 Å². The SMILES string of the molecule is CC.CC(C)CC1CCC(CF)N1C. The Morgan fingerprint density at radius 3 is 2.07 bits per heavy atom. The summed E-state index contributed by atoms with van der Waals surface area (Å²) in [6.07, 6.45) is 3.45. The van der Waals surface area contributed by atoms with Gasteiger partial charge in [0.1, 0.15) is 6.67 Å². The first kappa shape index (κ1) is 13.9. The lowest BCUT2D eigenvalue weighted by molar-refractivity contribution is 0.190. The molecule has 1 fully saturated rings. The Bertz CT molecular complexity index is 136. The molecule has 1 aliphatic heterocycles. The van der Waals surface area contributed by atoms with Crippen LogP contribution in [0.5, 0.6) is 0 Å². The van der Waals surface area contributed by atoms with Gasteiger partial charge in [0.25, 0.3) is 0 Å². The van der Waals surface area contributed by atoms with Crippen LogP contribution in [0.3, 0.4) is 0 Å². The van der Waals surface area contributed by atoms with E-state index >= 15 is 0 Å². The number of rotatable bonds is 3. The standard InChI is InChI=1S/C10H20FN.C2H6/c1-8(2)6-9-4-5-10(7-11)12(9)3;1-2/h8-10H,4-7H2,1-3H3;1-2H3. The molecule has 1 rings (SSSR count). The third kappa shape index (κ3) is 3.95. The quantitative estimate of drug-likeness (QED) is 0.678. The summed E-state index contributed by atoms with van der Waals surface area (Å²) in [5.74, 6) is 0.732. The number of hydrogen-bond acceptors (Lipinski definition) is 1. The van der Waals surface area contributed by atoms with Gasteiger partial charge in [-0.2, -0.15) is 0 Å². The van der Waals surface area contributed by atoms with E-state index in [-0.39, 0.29) is 12.7 Å². The molecule has 1 nitrogen and oxygen atoms in total. The Labute approximate surface area is 88.7 Å². The summed E-state index contributed by atoms with van der Waals surface area (Å²) in [6, 6.07) is 0.833. The second kappa shape index (κ2) is 7.22. The molecule has 0 spiro atoms. The summed E-state index contributed by atoms with van der Waals surface area (Å²) >= 11 is 0. The zero-order valence-corrected chi connectivity index (χ0v) is 10.4. The molecular weight excluding hydrogens is 177 g/mol. The van der Waals surface area contributed by atoms with Crippen LogP contribution < -0.4 is 0 Å². The zero-order chi connectivity index (χ0) is 11.1. The molecule has 14 heavy (non-hydrogen) atoms. The Kier molecular flexibility index (Phi) is 7.16. The van der Waals surface area contributed by atoms with Crippen LogP contribution >= 0.6 is 0 Å². The topological polar surface area (TPSA) is 3.24 Å². The van der Waals surface area contributed by atoms with Crippen LogP contribution in [0.25, 0.3) is 0 Å². The van der Waals surface area contributed by atoms with Crippen molar-refractivity contribution < 1.29 is 4.39 Å². The highest BCUT2D eigenvalue weighted by Crippen LogP contribution is 2.26. The van der Waals surface area contributed by atoms with Gasteiger partial charge in [-0.25, -0.2) is 4.39 Å². The van der Waals surface area contributed by atoms with E-state index in [1.54, 1.807) is 0 Å². The van der Waals surface area contributed by atoms with E-state index in [0.29, 0.717) is 6.04 Å². The first-order chi connectivity index (χ1) is 6.65. The fourth-order valence-electron chi connectivity index (χ4n) is 2.10. The van der Waals surface area contributed by atoms with E-state index in [1.807, 2.05) is 13.8 Å². The molecule has 0 amide bonds. The fraction of sp³-hybridized carbons (Fsp3) is 1.00. The predicted octanol–water partition coefficient (Wildman–Crippen LogP) is 3.49. The van der Waals surface area contributed by atoms with Crippen LogP contribution in [-0.4, -0.2) is 30.7 Å². The normalized spacial score (nSPS) is 27.6. The van der Waals surface area contributed by atoms with Crippen molar-refractivity contribution in [2.45, 2.75) is 59.0 Å². The maximum absolute atomic E-state index is 12.4. The lowest BCUT2D eigenvalue weighted by Crippen LogP contribution is -2.34. The van der Waals surface area contributed by atoms with Crippen molar-refractivity contribution in [2.75, 3.05) is 13.7 Å². The molecular formula is C12H26FN. The monoisotopic (exact) mass is 203 g/mol. The molecule has 0 aromatic heterocycles. The van der Waals surface area contributed by atoms with E-state index in [9.17, 15) is 4.39 Å². The molecule has 1 saturated heterocycles. The lowest BCUT2D eigenvalue weighted by Gasteiger charge is -2.25. The van der Waals surface area contributed by atoms with Crippen LogP contribution in [0.4, 0.5) is 4.39 Å². The van der Waals surface area contributed by atoms with E-state index < -0.39 is 0 Å². The molecule has 0 N–H and O–H groups in total. The molecule has 0 aromatic rings. The molecule has 0 aromatic carbocycles. The number of hydrogen-bond donors (Lipinski definition) is 0. The Hall–Kier alpha value is -0.110. The van der Waals surface area contributed by atoms with E-state index in [4.69, 9.17) is 0 Å². The number of halogens is 1. The Balaban J connectivity index is 0.000000791. The largest absolute Gasteiger partial charge is 0.298 e. The van der Waals surface area contributed by atoms with Crippen molar-refractivity contribution in [1.82, 2.24) is 4.90 Å². The van der Waals surface area contributed by atoms with Crippen molar-refractivity contribution in [2.24, 2.45) is 5.92 Å². The van der Waals surface area contributed by atoms with Crippen LogP contribution in [0.1, 0.15) is 47.0 Å². The van der Waals surface area contributed by atoms with Crippen molar-refractivity contribution in [3.05, 3.63) is 0 Å². The maximum atomic E-state index is 12.4. The fourth-order valence-corrected chi connectivity index (χ4v) is 2.10. The summed E-state index contributed by atoms with van der Waals surface area (Å²) in [6.45, 7) is 8.29. The van der Waals surface area contributed by atoms with Gasteiger partial charge in [0.05, 0.1) is 0 Å². The minimum atomic E-state index is -0.176. The van der Waals surface area contributed by atoms with Gasteiger partial charge in [-0.3, -0.25) is 4.90 Å². The first-order valence-electron chi connectivity index (χ1n) is 5.93. The summed E-state index contributed by atoms with van der Waals surface area (Å²) in [7, 11) is 2.06. The lowest BCUT2D eigenvalue weighted by atomic mass is 10.0. The molecule has 1 heterocycles. The molecule has 2 atom stereocenters. The minimum Gasteiger partial charge on any atom is -0.298 e. The molecule has 0 bridgehead atoms. The average molecular weight is 203 g/mol. The van der Waals surface area contributed by atoms with Gasteiger partial charge < -0.3 is 0 Å². The summed E-state index contributed by atoms with van der Waals surface area (Å²) < 4.78 is 12.4. The summed E-state index contributed by atoms with van der Waals surface area (Å²) in [5, 5.41) is 0. The Morgan fingerprint density at radius 1 is 1.21 bits per heavy atom. The number of likely N-dealkylation sites (tertiary alicyclic amines) is 1. The highest BCUT2D eigenvalue weighted by molar-refractivity contribution is 4.85. The van der Waals surface area contributed by atoms with Gasteiger partial charge in [-0.15, -0.1) is 0 Å². The van der Waals surface area contributed by atoms with Gasteiger partial charge >= 0.3 is 0 Å². The molecule has 2 heteroatoms. The van der Waals surface area contributed by atoms with Crippen molar-refractivity contribution in [3.63, 3.8) is 0 Å². The highest BCUT2D eigenvalue weighted by atomic mass is 19.1. The van der Waals surface area contributed by atoms with E-state index in [0.717, 1.165) is 12.3 Å². The van der Waals surface area contributed by atoms with E-state index in [2.05, 4.69) is 25.8 Å². The van der Waals surface area contributed by atoms with Gasteiger partial charge in [0.2, 0.25) is 0 Å². The third-order valence-corrected chi connectivity index (χ3v) is 2.91. The van der Waals surface area contributed by atoms with Crippen molar-refractivity contribution >= 4 is 0 Å². The minimum absolute atomic E-state index is 0.176.